The van der Waals surface area contributed by atoms with Gasteiger partial charge < -0.3 is 14.4 Å². The smallest absolute Gasteiger partial charge is 0.413 e. The maximum Gasteiger partial charge on any atom is 0.413 e. The molecule has 0 saturated heterocycles. The summed E-state index contributed by atoms with van der Waals surface area (Å²) in [6, 6.07) is 0. The molecule has 0 aliphatic carbocycles. The van der Waals surface area contributed by atoms with Gasteiger partial charge in [0.25, 0.3) is 5.91 Å². The van der Waals surface area contributed by atoms with Crippen LogP contribution in [0.15, 0.2) is 6.20 Å². The van der Waals surface area contributed by atoms with E-state index in [1.165, 1.54) is 18.4 Å². The fourth-order valence-corrected chi connectivity index (χ4v) is 3.62. The third-order valence-corrected chi connectivity index (χ3v) is 4.72. The highest BCUT2D eigenvalue weighted by Crippen LogP contribution is 2.30. The van der Waals surface area contributed by atoms with Crippen molar-refractivity contribution in [2.24, 2.45) is 7.05 Å². The van der Waals surface area contributed by atoms with Gasteiger partial charge in [0.05, 0.1) is 26.0 Å². The van der Waals surface area contributed by atoms with Gasteiger partial charge in [0.15, 0.2) is 5.13 Å². The fraction of sp³-hybridized carbons (Fsp3) is 0.467. The summed E-state index contributed by atoms with van der Waals surface area (Å²) < 4.78 is 11.6. The molecule has 3 heterocycles. The largest absolute Gasteiger partial charge is 0.479 e. The van der Waals surface area contributed by atoms with Crippen molar-refractivity contribution < 1.29 is 19.1 Å². The maximum absolute atomic E-state index is 12.8. The number of aryl methyl sites for hydroxylation is 1. The van der Waals surface area contributed by atoms with Crippen molar-refractivity contribution in [2.45, 2.75) is 19.9 Å². The average molecular weight is 365 g/mol. The Morgan fingerprint density at radius 1 is 1.44 bits per heavy atom. The standard InChI is InChI=1S/C15H19N5O4S/c1-4-24-15(22)17-14-16-10-5-6-20(8-11(10)25-14)13(21)9-7-19(2)18-12(9)23-3/h7H,4-6,8H2,1-3H3,(H,16,17,22). The minimum atomic E-state index is -0.526. The van der Waals surface area contributed by atoms with Gasteiger partial charge in [0.2, 0.25) is 5.88 Å². The Balaban J connectivity index is 1.73. The first-order valence-electron chi connectivity index (χ1n) is 7.81. The van der Waals surface area contributed by atoms with Gasteiger partial charge in [-0.2, -0.15) is 0 Å². The molecule has 0 aromatic carbocycles. The molecule has 0 fully saturated rings. The number of anilines is 1. The number of thiazole rings is 1. The Morgan fingerprint density at radius 2 is 2.24 bits per heavy atom. The Labute approximate surface area is 148 Å². The average Bonchev–Trinajstić information content (AvgIpc) is 3.15. The topological polar surface area (TPSA) is 98.6 Å². The van der Waals surface area contributed by atoms with E-state index in [0.29, 0.717) is 42.7 Å². The zero-order valence-corrected chi connectivity index (χ0v) is 15.1. The minimum Gasteiger partial charge on any atom is -0.479 e. The van der Waals surface area contributed by atoms with E-state index < -0.39 is 6.09 Å². The molecule has 134 valence electrons. The molecule has 2 aromatic heterocycles. The molecule has 0 unspecified atom stereocenters. The van der Waals surface area contributed by atoms with E-state index in [0.717, 1.165) is 10.6 Å². The molecule has 2 amide bonds. The first-order chi connectivity index (χ1) is 12.0. The number of methoxy groups -OCH3 is 1. The summed E-state index contributed by atoms with van der Waals surface area (Å²) in [7, 11) is 3.23. The number of nitrogens with zero attached hydrogens (tertiary/aromatic N) is 4. The van der Waals surface area contributed by atoms with Crippen LogP contribution in [-0.2, 0) is 24.8 Å². The molecule has 10 heteroatoms. The second-order valence-electron chi connectivity index (χ2n) is 5.44. The first kappa shape index (κ1) is 17.2. The van der Waals surface area contributed by atoms with Crippen molar-refractivity contribution in [3.05, 3.63) is 22.3 Å². The van der Waals surface area contributed by atoms with Crippen LogP contribution in [0.1, 0.15) is 27.9 Å². The number of carbonyl (C=O) groups is 2. The molecule has 1 N–H and O–H groups in total. The van der Waals surface area contributed by atoms with E-state index in [9.17, 15) is 9.59 Å². The highest BCUT2D eigenvalue weighted by Gasteiger charge is 2.28. The van der Waals surface area contributed by atoms with Crippen LogP contribution in [0.2, 0.25) is 0 Å². The summed E-state index contributed by atoms with van der Waals surface area (Å²) in [5, 5.41) is 7.21. The van der Waals surface area contributed by atoms with Crippen LogP contribution in [0.3, 0.4) is 0 Å². The summed E-state index contributed by atoms with van der Waals surface area (Å²) in [5.41, 5.74) is 1.34. The van der Waals surface area contributed by atoms with E-state index >= 15 is 0 Å². The number of hydrogen-bond acceptors (Lipinski definition) is 7. The highest BCUT2D eigenvalue weighted by atomic mass is 32.1. The molecular weight excluding hydrogens is 346 g/mol. The number of rotatable bonds is 4. The predicted molar refractivity (Wildman–Crippen MR) is 91.0 cm³/mol. The van der Waals surface area contributed by atoms with E-state index in [4.69, 9.17) is 9.47 Å². The summed E-state index contributed by atoms with van der Waals surface area (Å²) in [6.07, 6.45) is 1.75. The summed E-state index contributed by atoms with van der Waals surface area (Å²) in [5.74, 6) is 0.177. The quantitative estimate of drug-likeness (QED) is 0.885. The van der Waals surface area contributed by atoms with Crippen molar-refractivity contribution in [1.29, 1.82) is 0 Å². The predicted octanol–water partition coefficient (Wildman–Crippen LogP) is 1.65. The maximum atomic E-state index is 12.8. The Hall–Kier alpha value is -2.62. The number of ether oxygens (including phenoxy) is 2. The van der Waals surface area contributed by atoms with Gasteiger partial charge in [-0.1, -0.05) is 11.3 Å². The van der Waals surface area contributed by atoms with Crippen LogP contribution < -0.4 is 10.1 Å². The van der Waals surface area contributed by atoms with Crippen LogP contribution in [0.4, 0.5) is 9.93 Å². The van der Waals surface area contributed by atoms with E-state index in [2.05, 4.69) is 15.4 Å². The van der Waals surface area contributed by atoms with Crippen molar-refractivity contribution in [3.8, 4) is 5.88 Å². The van der Waals surface area contributed by atoms with Crippen molar-refractivity contribution in [1.82, 2.24) is 19.7 Å². The number of fused-ring (bicyclic) bond motifs is 1. The third-order valence-electron chi connectivity index (χ3n) is 3.72. The van der Waals surface area contributed by atoms with Gasteiger partial charge in [-0.15, -0.1) is 5.10 Å². The third kappa shape index (κ3) is 3.58. The molecule has 9 nitrogen and oxygen atoms in total. The summed E-state index contributed by atoms with van der Waals surface area (Å²) >= 11 is 1.35. The van der Waals surface area contributed by atoms with Gasteiger partial charge in [-0.3, -0.25) is 14.8 Å². The lowest BCUT2D eigenvalue weighted by Crippen LogP contribution is -2.35. The van der Waals surface area contributed by atoms with Crippen LogP contribution in [0.5, 0.6) is 5.88 Å². The zero-order chi connectivity index (χ0) is 18.0. The van der Waals surface area contributed by atoms with E-state index in [1.54, 1.807) is 29.7 Å². The van der Waals surface area contributed by atoms with Crippen molar-refractivity contribution in [2.75, 3.05) is 25.6 Å². The lowest BCUT2D eigenvalue weighted by Gasteiger charge is -2.25. The second-order valence-corrected chi connectivity index (χ2v) is 6.52. The first-order valence-corrected chi connectivity index (χ1v) is 8.62. The van der Waals surface area contributed by atoms with Gasteiger partial charge in [0, 0.05) is 31.1 Å². The van der Waals surface area contributed by atoms with Crippen molar-refractivity contribution in [3.63, 3.8) is 0 Å². The lowest BCUT2D eigenvalue weighted by molar-refractivity contribution is 0.0732. The van der Waals surface area contributed by atoms with Crippen LogP contribution in [0, 0.1) is 0 Å². The molecule has 0 saturated carbocycles. The van der Waals surface area contributed by atoms with Crippen LogP contribution >= 0.6 is 11.3 Å². The highest BCUT2D eigenvalue weighted by molar-refractivity contribution is 7.15. The summed E-state index contributed by atoms with van der Waals surface area (Å²) in [6.45, 7) is 3.02. The van der Waals surface area contributed by atoms with Gasteiger partial charge in [0.1, 0.15) is 5.56 Å². The molecule has 1 aliphatic heterocycles. The Bertz CT molecular complexity index is 800. The number of aromatic nitrogens is 3. The van der Waals surface area contributed by atoms with Crippen LogP contribution in [-0.4, -0.2) is 51.9 Å². The number of amides is 2. The van der Waals surface area contributed by atoms with Crippen LogP contribution in [0.25, 0.3) is 0 Å². The molecule has 2 aromatic rings. The van der Waals surface area contributed by atoms with E-state index in [-0.39, 0.29) is 5.91 Å². The van der Waals surface area contributed by atoms with E-state index in [1.807, 2.05) is 0 Å². The molecule has 1 aliphatic rings. The molecular formula is C15H19N5O4S. The molecule has 0 atom stereocenters. The molecule has 25 heavy (non-hydrogen) atoms. The molecule has 0 radical (unpaired) electrons. The number of carbonyl (C=O) groups excluding carboxylic acids is 2. The Morgan fingerprint density at radius 3 is 2.96 bits per heavy atom. The van der Waals surface area contributed by atoms with Gasteiger partial charge in [-0.25, -0.2) is 9.78 Å². The monoisotopic (exact) mass is 365 g/mol. The number of nitrogens with one attached hydrogen (secondary N) is 1. The van der Waals surface area contributed by atoms with Gasteiger partial charge in [-0.05, 0) is 6.92 Å². The SMILES string of the molecule is CCOC(=O)Nc1nc2c(s1)CN(C(=O)c1cn(C)nc1OC)CC2. The molecule has 0 spiro atoms. The normalized spacial score (nSPS) is 13.3. The zero-order valence-electron chi connectivity index (χ0n) is 14.2. The fourth-order valence-electron chi connectivity index (χ4n) is 2.61. The minimum absolute atomic E-state index is 0.135. The number of hydrogen-bond donors (Lipinski definition) is 1. The van der Waals surface area contributed by atoms with Crippen molar-refractivity contribution >= 4 is 28.5 Å². The molecule has 3 rings (SSSR count). The van der Waals surface area contributed by atoms with Gasteiger partial charge >= 0.3 is 6.09 Å². The Kier molecular flexibility index (Phi) is 4.88. The second kappa shape index (κ2) is 7.09. The summed E-state index contributed by atoms with van der Waals surface area (Å²) in [4.78, 5) is 31.3. The lowest BCUT2D eigenvalue weighted by atomic mass is 10.1. The molecule has 0 bridgehead atoms.